The second kappa shape index (κ2) is 6.67. The summed E-state index contributed by atoms with van der Waals surface area (Å²) < 4.78 is 79.4. The average molecular weight is 342 g/mol. The summed E-state index contributed by atoms with van der Waals surface area (Å²) in [5.74, 6) is -1.35. The lowest BCUT2D eigenvalue weighted by Crippen LogP contribution is -2.72. The van der Waals surface area contributed by atoms with Crippen LogP contribution in [0.25, 0.3) is 0 Å². The number of benzene rings is 1. The molecule has 0 saturated heterocycles. The topological polar surface area (TPSA) is 41.1 Å². The quantitative estimate of drug-likeness (QED) is 0.624. The van der Waals surface area contributed by atoms with Gasteiger partial charge in [0.05, 0.1) is 0 Å². The molecule has 0 aliphatic heterocycles. The van der Waals surface area contributed by atoms with Gasteiger partial charge >= 0.3 is 18.0 Å². The molecule has 1 amide bonds. The highest BCUT2D eigenvalue weighted by atomic mass is 19.4. The first-order chi connectivity index (χ1) is 10.4. The minimum absolute atomic E-state index is 0.113. The summed E-state index contributed by atoms with van der Waals surface area (Å²) in [6.45, 7) is 3.10. The lowest BCUT2D eigenvalue weighted by atomic mass is 10.1. The summed E-state index contributed by atoms with van der Waals surface area (Å²) in [7, 11) is 0. The maximum absolute atomic E-state index is 13.2. The van der Waals surface area contributed by atoms with Crippen molar-refractivity contribution in [3.8, 4) is 0 Å². The van der Waals surface area contributed by atoms with Crippen LogP contribution in [0.5, 0.6) is 0 Å². The number of nitrogens with one attached hydrogen (secondary N) is 2. The van der Waals surface area contributed by atoms with Crippen molar-refractivity contribution in [3.63, 3.8) is 0 Å². The monoisotopic (exact) mass is 342 g/mol. The molecule has 0 aliphatic carbocycles. The fraction of sp³-hybridized carbons (Fsp3) is 0.500. The fourth-order valence-electron chi connectivity index (χ4n) is 1.83. The predicted octanol–water partition coefficient (Wildman–Crippen LogP) is 4.14. The minimum atomic E-state index is -5.79. The molecule has 0 bridgehead atoms. The van der Waals surface area contributed by atoms with Crippen LogP contribution >= 0.6 is 0 Å². The highest BCUT2D eigenvalue weighted by Crippen LogP contribution is 2.43. The Kier molecular flexibility index (Phi) is 5.55. The Bertz CT molecular complexity index is 522. The maximum atomic E-state index is 13.2. The molecule has 9 heteroatoms. The summed E-state index contributed by atoms with van der Waals surface area (Å²) in [6, 6.07) is 4.86. The van der Waals surface area contributed by atoms with Gasteiger partial charge in [-0.1, -0.05) is 24.6 Å². The zero-order chi connectivity index (χ0) is 17.9. The molecule has 0 saturated carbocycles. The first kappa shape index (κ1) is 19.1. The number of alkyl halides is 6. The van der Waals surface area contributed by atoms with Crippen LogP contribution in [0.3, 0.4) is 0 Å². The predicted molar refractivity (Wildman–Crippen MR) is 72.7 cm³/mol. The lowest BCUT2D eigenvalue weighted by molar-refractivity contribution is -0.295. The maximum Gasteiger partial charge on any atom is 0.439 e. The Morgan fingerprint density at radius 1 is 1.00 bits per heavy atom. The highest BCUT2D eigenvalue weighted by Gasteiger charge is 2.72. The van der Waals surface area contributed by atoms with E-state index in [4.69, 9.17) is 0 Å². The molecule has 1 aromatic rings. The normalized spacial score (nSPS) is 12.9. The van der Waals surface area contributed by atoms with Crippen molar-refractivity contribution in [2.24, 2.45) is 0 Å². The molecular weight excluding hydrogens is 326 g/mol. The molecule has 0 atom stereocenters. The van der Waals surface area contributed by atoms with Gasteiger partial charge in [0.1, 0.15) is 0 Å². The smallest absolute Gasteiger partial charge is 0.348 e. The molecule has 0 aliphatic rings. The summed E-state index contributed by atoms with van der Waals surface area (Å²) in [4.78, 5) is 11.4. The van der Waals surface area contributed by atoms with Crippen molar-refractivity contribution >= 4 is 11.6 Å². The van der Waals surface area contributed by atoms with E-state index in [1.54, 1.807) is 6.92 Å². The van der Waals surface area contributed by atoms with Gasteiger partial charge in [-0.3, -0.25) is 4.79 Å². The van der Waals surface area contributed by atoms with E-state index >= 15 is 0 Å². The van der Waals surface area contributed by atoms with Crippen LogP contribution in [0.4, 0.5) is 32.0 Å². The molecule has 1 rings (SSSR count). The zero-order valence-electron chi connectivity index (χ0n) is 12.4. The Hall–Kier alpha value is -1.93. The number of aryl methyl sites for hydroxylation is 1. The molecule has 0 fully saturated rings. The van der Waals surface area contributed by atoms with Crippen molar-refractivity contribution in [1.29, 1.82) is 0 Å². The molecule has 2 N–H and O–H groups in total. The molecule has 0 unspecified atom stereocenters. The number of halogens is 6. The summed E-state index contributed by atoms with van der Waals surface area (Å²) in [5.41, 5.74) is -4.31. The van der Waals surface area contributed by atoms with E-state index in [-0.39, 0.29) is 6.42 Å². The van der Waals surface area contributed by atoms with Gasteiger partial charge in [0, 0.05) is 12.1 Å². The molecule has 130 valence electrons. The molecule has 1 aromatic carbocycles. The van der Waals surface area contributed by atoms with Gasteiger partial charge < -0.3 is 10.6 Å². The number of carbonyl (C=O) groups is 1. The van der Waals surface area contributed by atoms with Crippen LogP contribution in [0.2, 0.25) is 0 Å². The summed E-state index contributed by atoms with van der Waals surface area (Å²) >= 11 is 0. The van der Waals surface area contributed by atoms with E-state index in [0.29, 0.717) is 5.56 Å². The van der Waals surface area contributed by atoms with E-state index in [1.165, 1.54) is 24.4 Å². The zero-order valence-corrected chi connectivity index (χ0v) is 12.4. The molecule has 0 spiro atoms. The van der Waals surface area contributed by atoms with Gasteiger partial charge in [0.25, 0.3) is 0 Å². The summed E-state index contributed by atoms with van der Waals surface area (Å²) in [6.07, 6.45) is -11.9. The van der Waals surface area contributed by atoms with Crippen LogP contribution in [0.15, 0.2) is 24.3 Å². The number of rotatable bonds is 5. The second-order valence-electron chi connectivity index (χ2n) is 5.03. The molecule has 0 radical (unpaired) electrons. The Balaban J connectivity index is 3.32. The largest absolute Gasteiger partial charge is 0.439 e. The molecule has 0 heterocycles. The van der Waals surface area contributed by atoms with Gasteiger partial charge in [-0.05, 0) is 25.5 Å². The van der Waals surface area contributed by atoms with Crippen LogP contribution < -0.4 is 10.6 Å². The Morgan fingerprint density at radius 3 is 1.87 bits per heavy atom. The highest BCUT2D eigenvalue weighted by molar-refractivity contribution is 5.77. The van der Waals surface area contributed by atoms with Crippen LogP contribution in [0.1, 0.15) is 25.3 Å². The van der Waals surface area contributed by atoms with Crippen LogP contribution in [-0.4, -0.2) is 23.9 Å². The van der Waals surface area contributed by atoms with Gasteiger partial charge in [-0.25, -0.2) is 0 Å². The molecule has 0 aromatic heterocycles. The first-order valence-electron chi connectivity index (χ1n) is 6.72. The third-order valence-electron chi connectivity index (χ3n) is 3.04. The van der Waals surface area contributed by atoms with Crippen molar-refractivity contribution < 1.29 is 31.1 Å². The third-order valence-corrected chi connectivity index (χ3v) is 3.04. The number of carbonyl (C=O) groups excluding carboxylic acids is 1. The van der Waals surface area contributed by atoms with E-state index in [0.717, 1.165) is 17.4 Å². The first-order valence-corrected chi connectivity index (χ1v) is 6.72. The SMILES string of the molecule is CCCC(=O)NC(Nc1ccc(C)cc1)(C(F)(F)F)C(F)(F)F. The Labute approximate surface area is 129 Å². The van der Waals surface area contributed by atoms with Gasteiger partial charge in [-0.15, -0.1) is 0 Å². The van der Waals surface area contributed by atoms with Crippen LogP contribution in [0, 0.1) is 6.92 Å². The van der Waals surface area contributed by atoms with Gasteiger partial charge in [0.15, 0.2) is 0 Å². The Morgan fingerprint density at radius 2 is 1.48 bits per heavy atom. The van der Waals surface area contributed by atoms with Crippen molar-refractivity contribution in [3.05, 3.63) is 29.8 Å². The minimum Gasteiger partial charge on any atom is -0.348 e. The van der Waals surface area contributed by atoms with Crippen molar-refractivity contribution in [2.75, 3.05) is 5.32 Å². The number of hydrogen-bond donors (Lipinski definition) is 2. The van der Waals surface area contributed by atoms with E-state index in [1.807, 2.05) is 0 Å². The van der Waals surface area contributed by atoms with Crippen molar-refractivity contribution in [1.82, 2.24) is 5.32 Å². The standard InChI is InChI=1S/C14H16F6N2O/c1-3-4-11(23)22-12(13(15,16)17,14(18,19)20)21-10-7-5-9(2)6-8-10/h5-8,21H,3-4H2,1-2H3,(H,22,23). The number of hydrogen-bond acceptors (Lipinski definition) is 2. The van der Waals surface area contributed by atoms with Crippen molar-refractivity contribution in [2.45, 2.75) is 44.7 Å². The lowest BCUT2D eigenvalue weighted by Gasteiger charge is -2.39. The van der Waals surface area contributed by atoms with E-state index in [2.05, 4.69) is 0 Å². The fourth-order valence-corrected chi connectivity index (χ4v) is 1.83. The van der Waals surface area contributed by atoms with Gasteiger partial charge in [0.2, 0.25) is 5.91 Å². The molecule has 23 heavy (non-hydrogen) atoms. The number of amides is 1. The summed E-state index contributed by atoms with van der Waals surface area (Å²) in [5, 5.41) is 2.48. The second-order valence-corrected chi connectivity index (χ2v) is 5.03. The van der Waals surface area contributed by atoms with E-state index < -0.39 is 36.0 Å². The average Bonchev–Trinajstić information content (AvgIpc) is 2.38. The van der Waals surface area contributed by atoms with E-state index in [9.17, 15) is 31.1 Å². The molecular formula is C14H16F6N2O. The molecule has 3 nitrogen and oxygen atoms in total. The van der Waals surface area contributed by atoms with Gasteiger partial charge in [-0.2, -0.15) is 26.3 Å². The van der Waals surface area contributed by atoms with Crippen LogP contribution in [-0.2, 0) is 4.79 Å². The number of anilines is 1. The third kappa shape index (κ3) is 4.29.